The molecule has 6 rings (SSSR count). The number of benzene rings is 3. The second kappa shape index (κ2) is 16.7. The van der Waals surface area contributed by atoms with Crippen LogP contribution >= 0.6 is 11.6 Å². The summed E-state index contributed by atoms with van der Waals surface area (Å²) >= 11 is 5.78. The van der Waals surface area contributed by atoms with Gasteiger partial charge in [-0.3, -0.25) is 4.98 Å². The highest BCUT2D eigenvalue weighted by atomic mass is 35.5. The summed E-state index contributed by atoms with van der Waals surface area (Å²) in [5.41, 5.74) is 19.5. The van der Waals surface area contributed by atoms with Crippen LogP contribution in [0, 0.1) is 0 Å². The number of hydrogen-bond acceptors (Lipinski definition) is 6. The normalized spacial score (nSPS) is 16.4. The summed E-state index contributed by atoms with van der Waals surface area (Å²) < 4.78 is 40.7. The van der Waals surface area contributed by atoms with Gasteiger partial charge in [0.25, 0.3) is 0 Å². The lowest BCUT2D eigenvalue weighted by Crippen LogP contribution is -2.29. The number of carbonyl (C=O) groups excluding carboxylic acids is 2. The SMILES string of the molecule is N[C@H]1CCc2cc(NC(=O)NCc3ccc(Cl)cn3)ccc2C1.N[C@H]1CCc2cc(NC(=O)NCc3cccc(OC(F)(F)F)c3)ccc2C1. The Morgan fingerprint density at radius 1 is 0.780 bits per heavy atom. The van der Waals surface area contributed by atoms with Crippen molar-refractivity contribution in [1.29, 1.82) is 0 Å². The first-order valence-electron chi connectivity index (χ1n) is 16.2. The van der Waals surface area contributed by atoms with E-state index in [0.717, 1.165) is 49.9 Å². The van der Waals surface area contributed by atoms with Gasteiger partial charge in [0, 0.05) is 36.2 Å². The minimum atomic E-state index is -4.75. The van der Waals surface area contributed by atoms with Gasteiger partial charge in [-0.25, -0.2) is 9.59 Å². The van der Waals surface area contributed by atoms with E-state index in [9.17, 15) is 22.8 Å². The molecule has 0 fully saturated rings. The first-order valence-corrected chi connectivity index (χ1v) is 16.6. The minimum absolute atomic E-state index is 0.0701. The Kier molecular flexibility index (Phi) is 12.2. The number of ether oxygens (including phenoxy) is 1. The van der Waals surface area contributed by atoms with Crippen LogP contribution in [0.1, 0.15) is 46.4 Å². The van der Waals surface area contributed by atoms with E-state index in [2.05, 4.69) is 31.0 Å². The molecule has 8 N–H and O–H groups in total. The highest BCUT2D eigenvalue weighted by Crippen LogP contribution is 2.26. The maximum atomic E-state index is 12.3. The zero-order valence-corrected chi connectivity index (χ0v) is 27.9. The number of amides is 4. The molecule has 14 heteroatoms. The molecule has 50 heavy (non-hydrogen) atoms. The summed E-state index contributed by atoms with van der Waals surface area (Å²) in [7, 11) is 0. The molecular formula is C36H39ClF3N7O3. The van der Waals surface area contributed by atoms with Crippen molar-refractivity contribution in [2.45, 2.75) is 70.1 Å². The first kappa shape index (κ1) is 36.4. The maximum Gasteiger partial charge on any atom is 0.573 e. The van der Waals surface area contributed by atoms with Crippen LogP contribution in [-0.2, 0) is 38.8 Å². The van der Waals surface area contributed by atoms with Crippen molar-refractivity contribution in [3.05, 3.63) is 118 Å². The first-order chi connectivity index (χ1) is 23.9. The van der Waals surface area contributed by atoms with Crippen molar-refractivity contribution in [2.24, 2.45) is 11.5 Å². The van der Waals surface area contributed by atoms with E-state index in [-0.39, 0.29) is 30.4 Å². The summed E-state index contributed by atoms with van der Waals surface area (Å²) in [5, 5.41) is 11.6. The molecule has 0 saturated heterocycles. The molecule has 2 aliphatic rings. The highest BCUT2D eigenvalue weighted by Gasteiger charge is 2.31. The van der Waals surface area contributed by atoms with Gasteiger partial charge in [-0.1, -0.05) is 35.9 Å². The van der Waals surface area contributed by atoms with E-state index in [1.807, 2.05) is 36.4 Å². The molecule has 4 aromatic rings. The Hall–Kier alpha value is -4.85. The molecule has 3 aromatic carbocycles. The molecule has 10 nitrogen and oxygen atoms in total. The second-order valence-electron chi connectivity index (χ2n) is 12.3. The fraction of sp³-hybridized carbons (Fsp3) is 0.306. The highest BCUT2D eigenvalue weighted by molar-refractivity contribution is 6.30. The second-order valence-corrected chi connectivity index (χ2v) is 12.7. The molecule has 0 bridgehead atoms. The zero-order valence-electron chi connectivity index (χ0n) is 27.2. The van der Waals surface area contributed by atoms with E-state index in [1.165, 1.54) is 40.5 Å². The number of halogens is 4. The van der Waals surface area contributed by atoms with E-state index in [4.69, 9.17) is 23.1 Å². The number of alkyl halides is 3. The lowest BCUT2D eigenvalue weighted by molar-refractivity contribution is -0.274. The van der Waals surface area contributed by atoms with Gasteiger partial charge in [0.05, 0.1) is 17.3 Å². The molecule has 1 aromatic heterocycles. The summed E-state index contributed by atoms with van der Waals surface area (Å²) in [6.45, 7) is 0.420. The molecule has 1 heterocycles. The Bertz CT molecular complexity index is 1790. The van der Waals surface area contributed by atoms with Gasteiger partial charge in [-0.15, -0.1) is 13.2 Å². The Morgan fingerprint density at radius 3 is 1.90 bits per heavy atom. The van der Waals surface area contributed by atoms with E-state index in [1.54, 1.807) is 24.4 Å². The average Bonchev–Trinajstić information content (AvgIpc) is 3.07. The van der Waals surface area contributed by atoms with Crippen LogP contribution < -0.4 is 37.5 Å². The molecule has 0 aliphatic heterocycles. The quantitative estimate of drug-likeness (QED) is 0.127. The maximum absolute atomic E-state index is 12.3. The number of pyridine rings is 1. The van der Waals surface area contributed by atoms with E-state index >= 15 is 0 Å². The van der Waals surface area contributed by atoms with E-state index < -0.39 is 12.4 Å². The van der Waals surface area contributed by atoms with Gasteiger partial charge >= 0.3 is 18.4 Å². The average molecular weight is 710 g/mol. The lowest BCUT2D eigenvalue weighted by Gasteiger charge is -2.22. The summed E-state index contributed by atoms with van der Waals surface area (Å²) in [4.78, 5) is 28.2. The lowest BCUT2D eigenvalue weighted by atomic mass is 9.88. The number of hydrogen-bond donors (Lipinski definition) is 6. The van der Waals surface area contributed by atoms with Gasteiger partial charge in [0.1, 0.15) is 5.75 Å². The monoisotopic (exact) mass is 709 g/mol. The fourth-order valence-corrected chi connectivity index (χ4v) is 5.90. The van der Waals surface area contributed by atoms with Crippen LogP contribution in [0.25, 0.3) is 0 Å². The number of carbonyl (C=O) groups is 2. The number of aryl methyl sites for hydroxylation is 2. The van der Waals surface area contributed by atoms with Crippen molar-refractivity contribution in [3.63, 3.8) is 0 Å². The van der Waals surface area contributed by atoms with Crippen molar-refractivity contribution in [2.75, 3.05) is 10.6 Å². The number of urea groups is 2. The van der Waals surface area contributed by atoms with Crippen LogP contribution in [-0.4, -0.2) is 35.5 Å². The largest absolute Gasteiger partial charge is 0.573 e. The smallest absolute Gasteiger partial charge is 0.406 e. The summed E-state index contributed by atoms with van der Waals surface area (Å²) in [5.74, 6) is -0.324. The number of aromatic nitrogens is 1. The third kappa shape index (κ3) is 11.4. The third-order valence-electron chi connectivity index (χ3n) is 8.27. The van der Waals surface area contributed by atoms with Gasteiger partial charge in [-0.2, -0.15) is 0 Å². The molecule has 0 spiro atoms. The van der Waals surface area contributed by atoms with Crippen LogP contribution in [0.15, 0.2) is 79.0 Å². The number of nitrogens with one attached hydrogen (secondary N) is 4. The van der Waals surface area contributed by atoms with Crippen LogP contribution in [0.2, 0.25) is 5.02 Å². The Labute approximate surface area is 293 Å². The molecular weight excluding hydrogens is 671 g/mol. The number of rotatable bonds is 7. The number of anilines is 2. The Morgan fingerprint density at radius 2 is 1.36 bits per heavy atom. The Balaban J connectivity index is 0.000000197. The van der Waals surface area contributed by atoms with Crippen LogP contribution in [0.4, 0.5) is 34.1 Å². The van der Waals surface area contributed by atoms with Crippen LogP contribution in [0.3, 0.4) is 0 Å². The molecule has 0 radical (unpaired) electrons. The zero-order chi connectivity index (χ0) is 35.7. The minimum Gasteiger partial charge on any atom is -0.406 e. The van der Waals surface area contributed by atoms with Gasteiger partial charge in [0.2, 0.25) is 0 Å². The summed E-state index contributed by atoms with van der Waals surface area (Å²) in [6.07, 6.45) is 2.29. The van der Waals surface area contributed by atoms with Crippen molar-refractivity contribution in [3.8, 4) is 5.75 Å². The van der Waals surface area contributed by atoms with Gasteiger partial charge in [0.15, 0.2) is 0 Å². The molecule has 0 saturated carbocycles. The van der Waals surface area contributed by atoms with Crippen molar-refractivity contribution < 1.29 is 27.5 Å². The summed E-state index contributed by atoms with van der Waals surface area (Å²) in [6, 6.07) is 20.4. The predicted octanol–water partition coefficient (Wildman–Crippen LogP) is 6.60. The predicted molar refractivity (Wildman–Crippen MR) is 187 cm³/mol. The standard InChI is InChI=1S/C19H20F3N3O2.C17H19ClN4O/c20-19(21,22)27-17-3-1-2-12(8-17)11-24-18(26)25-16-7-5-13-9-15(23)6-4-14(13)10-16;18-13-3-6-16(20-9-13)10-21-17(23)22-15-5-2-11-7-14(19)4-1-12(11)8-15/h1-3,5,7-8,10,15H,4,6,9,11,23H2,(H2,24,25,26);2-3,5-6,8-9,14H,1,4,7,10,19H2,(H2,21,22,23)/t15-;14-/m00/s1. The topological polar surface area (TPSA) is 156 Å². The number of fused-ring (bicyclic) bond motifs is 2. The molecule has 0 unspecified atom stereocenters. The molecule has 4 amide bonds. The molecule has 2 aliphatic carbocycles. The van der Waals surface area contributed by atoms with Crippen molar-refractivity contribution >= 4 is 35.0 Å². The molecule has 2 atom stereocenters. The third-order valence-corrected chi connectivity index (χ3v) is 8.49. The van der Waals surface area contributed by atoms with Crippen molar-refractivity contribution in [1.82, 2.24) is 15.6 Å². The molecule has 264 valence electrons. The van der Waals surface area contributed by atoms with Gasteiger partial charge in [-0.05, 0) is 115 Å². The number of nitrogens with zero attached hydrogens (tertiary/aromatic N) is 1. The fourth-order valence-electron chi connectivity index (χ4n) is 5.79. The van der Waals surface area contributed by atoms with Crippen LogP contribution in [0.5, 0.6) is 5.75 Å². The van der Waals surface area contributed by atoms with Gasteiger partial charge < -0.3 is 37.5 Å². The van der Waals surface area contributed by atoms with E-state index in [0.29, 0.717) is 22.8 Å². The number of nitrogens with two attached hydrogens (primary N) is 2.